The number of rotatable bonds is 12. The SMILES string of the molecule is O=[N+]([O-])/C=C(/Nc1ccc(CCNC[C@H](O)c2cccnc2)cc1)Nc1cccc(-c2ccccc2)c1. The fraction of sp³-hybridized carbons (Fsp3) is 0.138. The Balaban J connectivity index is 1.32. The van der Waals surface area contributed by atoms with Gasteiger partial charge in [0.05, 0.1) is 11.0 Å². The average molecular weight is 496 g/mol. The first-order valence-electron chi connectivity index (χ1n) is 12.0. The summed E-state index contributed by atoms with van der Waals surface area (Å²) in [5.74, 6) is 0.258. The van der Waals surface area contributed by atoms with Gasteiger partial charge in [0.25, 0.3) is 6.20 Å². The van der Waals surface area contributed by atoms with Gasteiger partial charge in [-0.05, 0) is 60.0 Å². The summed E-state index contributed by atoms with van der Waals surface area (Å²) >= 11 is 0. The minimum absolute atomic E-state index is 0.258. The van der Waals surface area contributed by atoms with E-state index in [0.717, 1.165) is 46.2 Å². The summed E-state index contributed by atoms with van der Waals surface area (Å²) in [5.41, 5.74) is 5.43. The molecule has 4 rings (SSSR count). The Kier molecular flexibility index (Phi) is 8.96. The molecular formula is C29H29N5O3. The lowest BCUT2D eigenvalue weighted by molar-refractivity contribution is -0.403. The van der Waals surface area contributed by atoms with Gasteiger partial charge in [0, 0.05) is 35.9 Å². The van der Waals surface area contributed by atoms with Crippen molar-refractivity contribution in [3.8, 4) is 11.1 Å². The van der Waals surface area contributed by atoms with Crippen molar-refractivity contribution in [1.82, 2.24) is 10.3 Å². The second kappa shape index (κ2) is 13.0. The third-order valence-corrected chi connectivity index (χ3v) is 5.71. The van der Waals surface area contributed by atoms with E-state index in [9.17, 15) is 15.2 Å². The Morgan fingerprint density at radius 3 is 2.41 bits per heavy atom. The quantitative estimate of drug-likeness (QED) is 0.121. The molecule has 0 amide bonds. The molecule has 3 aromatic carbocycles. The molecule has 188 valence electrons. The number of hydrogen-bond donors (Lipinski definition) is 4. The number of nitro groups is 1. The smallest absolute Gasteiger partial charge is 0.274 e. The summed E-state index contributed by atoms with van der Waals surface area (Å²) in [6, 6.07) is 29.0. The van der Waals surface area contributed by atoms with Crippen LogP contribution in [0.1, 0.15) is 17.2 Å². The summed E-state index contributed by atoms with van der Waals surface area (Å²) < 4.78 is 0. The van der Waals surface area contributed by atoms with Crippen LogP contribution in [-0.2, 0) is 6.42 Å². The van der Waals surface area contributed by atoms with Gasteiger partial charge >= 0.3 is 0 Å². The second-order valence-corrected chi connectivity index (χ2v) is 8.48. The molecule has 37 heavy (non-hydrogen) atoms. The molecule has 0 aliphatic rings. The molecular weight excluding hydrogens is 466 g/mol. The average Bonchev–Trinajstić information content (AvgIpc) is 2.92. The molecule has 0 unspecified atom stereocenters. The van der Waals surface area contributed by atoms with Crippen molar-refractivity contribution < 1.29 is 10.0 Å². The third-order valence-electron chi connectivity index (χ3n) is 5.71. The standard InChI is InChI=1S/C29H29N5O3/c35-28(25-9-5-16-30-19-25)20-31-17-15-22-11-13-26(14-12-22)32-29(21-34(36)37)33-27-10-4-8-24(18-27)23-6-2-1-3-7-23/h1-14,16,18-19,21,28,31-33,35H,15,17,20H2/b29-21-/t28-/m0/s1. The first-order chi connectivity index (χ1) is 18.1. The summed E-state index contributed by atoms with van der Waals surface area (Å²) in [6.07, 6.45) is 4.43. The molecule has 8 nitrogen and oxygen atoms in total. The third kappa shape index (κ3) is 7.99. The number of hydrogen-bond acceptors (Lipinski definition) is 7. The van der Waals surface area contributed by atoms with Gasteiger partial charge in [0.1, 0.15) is 0 Å². The van der Waals surface area contributed by atoms with Crippen molar-refractivity contribution in [2.45, 2.75) is 12.5 Å². The normalized spacial score (nSPS) is 12.1. The summed E-state index contributed by atoms with van der Waals surface area (Å²) in [4.78, 5) is 14.8. The molecule has 1 heterocycles. The number of aromatic nitrogens is 1. The topological polar surface area (TPSA) is 112 Å². The van der Waals surface area contributed by atoms with Crippen LogP contribution < -0.4 is 16.0 Å². The van der Waals surface area contributed by atoms with Crippen LogP contribution in [0.25, 0.3) is 11.1 Å². The molecule has 8 heteroatoms. The molecule has 0 fully saturated rings. The molecule has 0 spiro atoms. The maximum absolute atomic E-state index is 11.2. The van der Waals surface area contributed by atoms with Gasteiger partial charge in [-0.1, -0.05) is 60.7 Å². The number of anilines is 2. The Morgan fingerprint density at radius 1 is 0.919 bits per heavy atom. The van der Waals surface area contributed by atoms with Crippen molar-refractivity contribution >= 4 is 11.4 Å². The molecule has 4 aromatic rings. The van der Waals surface area contributed by atoms with Crippen LogP contribution in [0.2, 0.25) is 0 Å². The van der Waals surface area contributed by atoms with Crippen molar-refractivity contribution in [3.05, 3.63) is 137 Å². The predicted octanol–water partition coefficient (Wildman–Crippen LogP) is 5.21. The fourth-order valence-corrected chi connectivity index (χ4v) is 3.84. The van der Waals surface area contributed by atoms with Gasteiger partial charge in [0.15, 0.2) is 5.82 Å². The summed E-state index contributed by atoms with van der Waals surface area (Å²) in [5, 5.41) is 30.9. The molecule has 0 saturated heterocycles. The zero-order valence-corrected chi connectivity index (χ0v) is 20.2. The Morgan fingerprint density at radius 2 is 1.68 bits per heavy atom. The number of nitrogens with zero attached hydrogens (tertiary/aromatic N) is 2. The zero-order chi connectivity index (χ0) is 25.9. The maximum atomic E-state index is 11.2. The van der Waals surface area contributed by atoms with E-state index in [1.54, 1.807) is 18.5 Å². The number of aliphatic hydroxyl groups excluding tert-OH is 1. The van der Waals surface area contributed by atoms with Crippen LogP contribution in [0.3, 0.4) is 0 Å². The van der Waals surface area contributed by atoms with Gasteiger partial charge in [-0.15, -0.1) is 0 Å². The zero-order valence-electron chi connectivity index (χ0n) is 20.2. The van der Waals surface area contributed by atoms with E-state index in [1.165, 1.54) is 0 Å². The van der Waals surface area contributed by atoms with E-state index in [-0.39, 0.29) is 5.82 Å². The van der Waals surface area contributed by atoms with E-state index < -0.39 is 11.0 Å². The van der Waals surface area contributed by atoms with Crippen molar-refractivity contribution in [1.29, 1.82) is 0 Å². The van der Waals surface area contributed by atoms with Gasteiger partial charge in [-0.25, -0.2) is 0 Å². The number of nitrogens with one attached hydrogen (secondary N) is 3. The van der Waals surface area contributed by atoms with Crippen LogP contribution in [-0.4, -0.2) is 28.1 Å². The Hall–Kier alpha value is -4.53. The monoisotopic (exact) mass is 495 g/mol. The van der Waals surface area contributed by atoms with Crippen LogP contribution >= 0.6 is 0 Å². The van der Waals surface area contributed by atoms with Crippen LogP contribution in [0.15, 0.2) is 115 Å². The minimum atomic E-state index is -0.604. The van der Waals surface area contributed by atoms with Crippen molar-refractivity contribution in [2.75, 3.05) is 23.7 Å². The summed E-state index contributed by atoms with van der Waals surface area (Å²) in [7, 11) is 0. The Bertz CT molecular complexity index is 1310. The summed E-state index contributed by atoms with van der Waals surface area (Å²) in [6.45, 7) is 1.15. The first-order valence-corrected chi connectivity index (χ1v) is 12.0. The van der Waals surface area contributed by atoms with Gasteiger partial charge in [-0.2, -0.15) is 0 Å². The molecule has 1 atom stereocenters. The maximum Gasteiger partial charge on any atom is 0.274 e. The molecule has 1 aromatic heterocycles. The molecule has 0 aliphatic carbocycles. The Labute approximate surface area is 215 Å². The highest BCUT2D eigenvalue weighted by Gasteiger charge is 2.08. The van der Waals surface area contributed by atoms with Crippen LogP contribution in [0, 0.1) is 10.1 Å². The number of pyridine rings is 1. The molecule has 4 N–H and O–H groups in total. The number of aliphatic hydroxyl groups is 1. The van der Waals surface area contributed by atoms with Gasteiger partial charge in [0.2, 0.25) is 0 Å². The first kappa shape index (κ1) is 25.6. The highest BCUT2D eigenvalue weighted by atomic mass is 16.6. The van der Waals surface area contributed by atoms with E-state index in [1.807, 2.05) is 84.9 Å². The van der Waals surface area contributed by atoms with Crippen molar-refractivity contribution in [3.63, 3.8) is 0 Å². The van der Waals surface area contributed by atoms with E-state index in [4.69, 9.17) is 0 Å². The lowest BCUT2D eigenvalue weighted by atomic mass is 10.1. The lowest BCUT2D eigenvalue weighted by Gasteiger charge is -2.14. The second-order valence-electron chi connectivity index (χ2n) is 8.48. The van der Waals surface area contributed by atoms with Crippen molar-refractivity contribution in [2.24, 2.45) is 0 Å². The van der Waals surface area contributed by atoms with Gasteiger partial charge in [-0.3, -0.25) is 15.1 Å². The molecule has 0 saturated carbocycles. The highest BCUT2D eigenvalue weighted by molar-refractivity contribution is 5.69. The predicted molar refractivity (Wildman–Crippen MR) is 146 cm³/mol. The van der Waals surface area contributed by atoms with E-state index in [2.05, 4.69) is 20.9 Å². The lowest BCUT2D eigenvalue weighted by Crippen LogP contribution is -2.23. The molecule has 0 radical (unpaired) electrons. The molecule has 0 aliphatic heterocycles. The van der Waals surface area contributed by atoms with Gasteiger partial charge < -0.3 is 21.1 Å². The minimum Gasteiger partial charge on any atom is -0.387 e. The fourth-order valence-electron chi connectivity index (χ4n) is 3.84. The van der Waals surface area contributed by atoms with Crippen LogP contribution in [0.4, 0.5) is 11.4 Å². The van der Waals surface area contributed by atoms with Crippen LogP contribution in [0.5, 0.6) is 0 Å². The highest BCUT2D eigenvalue weighted by Crippen LogP contribution is 2.23. The van der Waals surface area contributed by atoms with E-state index >= 15 is 0 Å². The largest absolute Gasteiger partial charge is 0.387 e. The molecule has 0 bridgehead atoms. The number of benzene rings is 3. The van der Waals surface area contributed by atoms with E-state index in [0.29, 0.717) is 13.1 Å².